The highest BCUT2D eigenvalue weighted by Gasteiger charge is 2.57. The van der Waals surface area contributed by atoms with Crippen molar-refractivity contribution in [1.29, 1.82) is 0 Å². The van der Waals surface area contributed by atoms with Gasteiger partial charge in [0.25, 0.3) is 11.5 Å². The van der Waals surface area contributed by atoms with Gasteiger partial charge in [-0.25, -0.2) is 24.0 Å². The van der Waals surface area contributed by atoms with Gasteiger partial charge in [0.2, 0.25) is 0 Å². The molecule has 15 atom stereocenters. The summed E-state index contributed by atoms with van der Waals surface area (Å²) in [4.78, 5) is 119. The quantitative estimate of drug-likeness (QED) is 0.0278. The molecule has 2 aliphatic carbocycles. The van der Waals surface area contributed by atoms with E-state index in [0.717, 1.165) is 54.9 Å². The summed E-state index contributed by atoms with van der Waals surface area (Å²) >= 11 is 0. The van der Waals surface area contributed by atoms with E-state index in [1.165, 1.54) is 43.5 Å². The number of aromatic amines is 2. The Morgan fingerprint density at radius 1 is 0.495 bits per heavy atom. The molecule has 560 valence electrons. The second-order valence-electron chi connectivity index (χ2n) is 26.9. The maximum atomic E-state index is 15.2. The highest BCUT2D eigenvalue weighted by atomic mass is 16.8. The molecule has 8 aromatic rings. The van der Waals surface area contributed by atoms with Crippen LogP contribution in [-0.4, -0.2) is 145 Å². The molecule has 12 rings (SSSR count). The minimum atomic E-state index is -1.97. The molecule has 3 N–H and O–H groups in total. The Labute approximate surface area is 618 Å². The molecule has 0 bridgehead atoms. The number of amides is 1. The van der Waals surface area contributed by atoms with Crippen LogP contribution in [0.15, 0.2) is 228 Å². The molecule has 0 spiro atoms. The third-order valence-corrected chi connectivity index (χ3v) is 19.4. The second-order valence-corrected chi connectivity index (χ2v) is 26.9. The number of ether oxygens (including phenoxy) is 13. The van der Waals surface area contributed by atoms with Crippen molar-refractivity contribution in [2.24, 2.45) is 11.8 Å². The average Bonchev–Trinajstić information content (AvgIpc) is 0.763. The molecule has 107 heavy (non-hydrogen) atoms. The van der Waals surface area contributed by atoms with Gasteiger partial charge in [-0.05, 0) is 90.8 Å². The lowest BCUT2D eigenvalue weighted by molar-refractivity contribution is -0.355. The lowest BCUT2D eigenvalue weighted by Gasteiger charge is -2.50. The predicted molar refractivity (Wildman–Crippen MR) is 386 cm³/mol. The van der Waals surface area contributed by atoms with Gasteiger partial charge in [-0.2, -0.15) is 0 Å². The summed E-state index contributed by atoms with van der Waals surface area (Å²) in [5, 5.41) is 2.93. The van der Waals surface area contributed by atoms with E-state index in [9.17, 15) is 28.8 Å². The number of carbonyl (C=O) groups is 6. The van der Waals surface area contributed by atoms with Gasteiger partial charge in [0.15, 0.2) is 30.9 Å². The molecule has 7 aromatic carbocycles. The smallest absolute Gasteiger partial charge is 0.338 e. The van der Waals surface area contributed by atoms with Gasteiger partial charge < -0.3 is 71.9 Å². The first kappa shape index (κ1) is 76.4. The number of nitrogens with one attached hydrogen (secondary N) is 3. The van der Waals surface area contributed by atoms with E-state index in [1.54, 1.807) is 85.8 Å². The molecule has 2 saturated carbocycles. The van der Waals surface area contributed by atoms with Crippen LogP contribution in [0.2, 0.25) is 0 Å². The standard InChI is InChI=1S/C83H87N3O21/c1-52-68(96-47-54-29-13-4-14-30-54)71(97-48-55-31-15-5-16-32-55)73(98-49-56-33-17-6-18-34-56)81(101-52)107-69-62(84-75(88)63-46-67(87)86-83(94)85-63)44-61(76(89)95-2)45-64(69)103-82-74(106-79(92)60-41-25-10-26-42-60)72(102-65(43-53-27-11-3-12-28-53)80(93)99-50-57-35-19-7-20-36-57)70(105-78(91)59-39-23-9-24-40-59)66(104-82)51-100-77(90)58-37-21-8-22-38-58/h4-10,13-26,29-42,46,52-53,61-62,64-66,68-74,81-82H,3,11-12,27-28,43-45,47-51H2,1-2H3,(H,84,88)(H2,85,86,87,94)/t52-,61+,62-,64+,65-,66+,68+,69+,70-,71+,72-,73-,74+,81-,82+/m0/s1. The summed E-state index contributed by atoms with van der Waals surface area (Å²) in [6.45, 7) is 1.08. The van der Waals surface area contributed by atoms with E-state index in [-0.39, 0.29) is 68.3 Å². The molecule has 2 aliphatic heterocycles. The van der Waals surface area contributed by atoms with Crippen molar-refractivity contribution in [2.45, 2.75) is 170 Å². The molecule has 2 saturated heterocycles. The van der Waals surface area contributed by atoms with Crippen molar-refractivity contribution < 1.29 is 90.3 Å². The summed E-state index contributed by atoms with van der Waals surface area (Å²) in [5.74, 6) is -6.52. The summed E-state index contributed by atoms with van der Waals surface area (Å²) in [7, 11) is 1.19. The van der Waals surface area contributed by atoms with Crippen LogP contribution >= 0.6 is 0 Å². The topological polar surface area (TPSA) is 300 Å². The van der Waals surface area contributed by atoms with Gasteiger partial charge in [0.1, 0.15) is 55.5 Å². The van der Waals surface area contributed by atoms with Crippen molar-refractivity contribution in [3.8, 4) is 0 Å². The zero-order valence-electron chi connectivity index (χ0n) is 59.3. The monoisotopic (exact) mass is 1460 g/mol. The van der Waals surface area contributed by atoms with Crippen molar-refractivity contribution in [2.75, 3.05) is 13.7 Å². The fourth-order valence-electron chi connectivity index (χ4n) is 14.0. The fourth-order valence-corrected chi connectivity index (χ4v) is 14.0. The largest absolute Gasteiger partial charge is 0.469 e. The molecule has 0 radical (unpaired) electrons. The van der Waals surface area contributed by atoms with E-state index in [4.69, 9.17) is 61.6 Å². The lowest BCUT2D eigenvalue weighted by Crippen LogP contribution is -2.66. The minimum absolute atomic E-state index is 0.0235. The first-order valence-electron chi connectivity index (χ1n) is 36.1. The molecule has 4 fully saturated rings. The summed E-state index contributed by atoms with van der Waals surface area (Å²) in [6, 6.07) is 60.9. The Bertz CT molecular complexity index is 4260. The molecule has 24 nitrogen and oxygen atoms in total. The number of benzene rings is 7. The maximum absolute atomic E-state index is 15.2. The zero-order valence-corrected chi connectivity index (χ0v) is 59.3. The van der Waals surface area contributed by atoms with Crippen LogP contribution < -0.4 is 16.6 Å². The number of carbonyl (C=O) groups excluding carboxylic acids is 6. The number of hydrogen-bond donors (Lipinski definition) is 3. The average molecular weight is 1460 g/mol. The molecular formula is C83H87N3O21. The van der Waals surface area contributed by atoms with Gasteiger partial charge in [0.05, 0.1) is 67.8 Å². The molecule has 1 amide bonds. The predicted octanol–water partition coefficient (Wildman–Crippen LogP) is 10.5. The maximum Gasteiger partial charge on any atom is 0.338 e. The SMILES string of the molecule is COC(=O)[C@@H]1C[C@H](NC(=O)c2cc(=O)[nH]c(=O)[nH]2)[C@@H](O[C@@H]2O[C@@H](C)[C@@H](OCc3ccccc3)[C@@H](OCc3ccccc3)[C@@H]2OCc2ccccc2)[C@H](O[C@@H]2O[C@H](COC(=O)c3ccccc3)[C@H](OC(=O)c3ccccc3)[C@H](O[C@@H](CC3CCCCC3)C(=O)OCc3ccccc3)[C@H]2OC(=O)c2ccccc2)C1. The minimum Gasteiger partial charge on any atom is -0.469 e. The Hall–Kier alpha value is -10.3. The Morgan fingerprint density at radius 3 is 1.51 bits per heavy atom. The van der Waals surface area contributed by atoms with Gasteiger partial charge in [-0.15, -0.1) is 0 Å². The Kier molecular flexibility index (Phi) is 27.0. The van der Waals surface area contributed by atoms with E-state index in [1.807, 2.05) is 97.1 Å². The first-order chi connectivity index (χ1) is 52.2. The van der Waals surface area contributed by atoms with Crippen LogP contribution in [0.25, 0.3) is 0 Å². The van der Waals surface area contributed by atoms with Crippen LogP contribution in [0.1, 0.15) is 122 Å². The molecule has 0 unspecified atom stereocenters. The Balaban J connectivity index is 1.01. The lowest BCUT2D eigenvalue weighted by atomic mass is 9.81. The highest BCUT2D eigenvalue weighted by Crippen LogP contribution is 2.41. The summed E-state index contributed by atoms with van der Waals surface area (Å²) < 4.78 is 88.0. The Morgan fingerprint density at radius 2 is 0.981 bits per heavy atom. The van der Waals surface area contributed by atoms with Crippen LogP contribution in [0.5, 0.6) is 0 Å². The van der Waals surface area contributed by atoms with Crippen molar-refractivity contribution in [3.63, 3.8) is 0 Å². The van der Waals surface area contributed by atoms with Crippen LogP contribution in [0.4, 0.5) is 0 Å². The van der Waals surface area contributed by atoms with E-state index in [2.05, 4.69) is 15.3 Å². The van der Waals surface area contributed by atoms with Crippen LogP contribution in [-0.2, 0) is 97.6 Å². The first-order valence-corrected chi connectivity index (χ1v) is 36.1. The number of hydrogen-bond acceptors (Lipinski definition) is 21. The van der Waals surface area contributed by atoms with Gasteiger partial charge in [-0.3, -0.25) is 19.4 Å². The summed E-state index contributed by atoms with van der Waals surface area (Å²) in [6.07, 6.45) is -15.4. The van der Waals surface area contributed by atoms with Crippen molar-refractivity contribution in [1.82, 2.24) is 15.3 Å². The zero-order chi connectivity index (χ0) is 74.4. The fraction of sp³-hybridized carbons (Fsp3) is 0.373. The van der Waals surface area contributed by atoms with Crippen molar-refractivity contribution >= 4 is 35.8 Å². The van der Waals surface area contributed by atoms with Crippen LogP contribution in [0, 0.1) is 11.8 Å². The van der Waals surface area contributed by atoms with E-state index in [0.29, 0.717) is 5.56 Å². The third kappa shape index (κ3) is 20.9. The summed E-state index contributed by atoms with van der Waals surface area (Å²) in [5.41, 5.74) is 0.992. The number of methoxy groups -OCH3 is 1. The van der Waals surface area contributed by atoms with Gasteiger partial charge in [0, 0.05) is 6.07 Å². The van der Waals surface area contributed by atoms with Gasteiger partial charge in [-0.1, -0.05) is 208 Å². The number of H-pyrrole nitrogens is 2. The van der Waals surface area contributed by atoms with E-state index >= 15 is 9.59 Å². The van der Waals surface area contributed by atoms with Crippen LogP contribution in [0.3, 0.4) is 0 Å². The molecule has 24 heteroatoms. The molecule has 3 heterocycles. The molecular weight excluding hydrogens is 1370 g/mol. The number of rotatable bonds is 30. The number of esters is 5. The highest BCUT2D eigenvalue weighted by molar-refractivity contribution is 5.93. The second kappa shape index (κ2) is 37.8. The third-order valence-electron chi connectivity index (χ3n) is 19.4. The molecule has 1 aromatic heterocycles. The van der Waals surface area contributed by atoms with E-state index < -0.39 is 151 Å². The molecule has 4 aliphatic rings. The van der Waals surface area contributed by atoms with Gasteiger partial charge >= 0.3 is 35.5 Å². The normalized spacial score (nSPS) is 24.7. The van der Waals surface area contributed by atoms with Crippen molar-refractivity contribution in [3.05, 3.63) is 284 Å². The number of aromatic nitrogens is 2.